The molecule has 1 fully saturated rings. The Labute approximate surface area is 98.8 Å². The first-order valence-electron chi connectivity index (χ1n) is 6.28. The van der Waals surface area contributed by atoms with Crippen molar-refractivity contribution in [1.29, 1.82) is 0 Å². The maximum Gasteiger partial charge on any atom is 0.170 e. The van der Waals surface area contributed by atoms with Crippen molar-refractivity contribution in [3.8, 4) is 0 Å². The quantitative estimate of drug-likeness (QED) is 0.533. The minimum absolute atomic E-state index is 0.0903. The fourth-order valence-corrected chi connectivity index (χ4v) is 1.79. The molecule has 0 spiro atoms. The highest BCUT2D eigenvalue weighted by atomic mass is 16.7. The summed E-state index contributed by atoms with van der Waals surface area (Å²) < 4.78 is 16.3. The second kappa shape index (κ2) is 8.01. The molecule has 0 unspecified atom stereocenters. The van der Waals surface area contributed by atoms with Crippen molar-refractivity contribution in [2.45, 2.75) is 39.0 Å². The van der Waals surface area contributed by atoms with Crippen molar-refractivity contribution in [2.24, 2.45) is 0 Å². The summed E-state index contributed by atoms with van der Waals surface area (Å²) in [6.45, 7) is 8.02. The third-order valence-electron chi connectivity index (χ3n) is 2.73. The molecule has 4 heteroatoms. The van der Waals surface area contributed by atoms with Gasteiger partial charge in [-0.15, -0.1) is 0 Å². The van der Waals surface area contributed by atoms with Crippen LogP contribution in [0.2, 0.25) is 0 Å². The molecular formula is C12H25NO3. The van der Waals surface area contributed by atoms with Crippen LogP contribution in [0.25, 0.3) is 0 Å². The number of nitrogens with zero attached hydrogens (tertiary/aromatic N) is 1. The third-order valence-corrected chi connectivity index (χ3v) is 2.73. The van der Waals surface area contributed by atoms with Crippen LogP contribution < -0.4 is 0 Å². The second-order valence-electron chi connectivity index (χ2n) is 4.06. The van der Waals surface area contributed by atoms with Crippen LogP contribution >= 0.6 is 0 Å². The zero-order valence-electron chi connectivity index (χ0n) is 10.8. The fraction of sp³-hybridized carbons (Fsp3) is 1.00. The van der Waals surface area contributed by atoms with Crippen LogP contribution in [0.1, 0.15) is 26.7 Å². The molecule has 0 amide bonds. The first-order valence-corrected chi connectivity index (χ1v) is 6.28. The molecule has 0 aromatic carbocycles. The van der Waals surface area contributed by atoms with Gasteiger partial charge in [-0.3, -0.25) is 4.90 Å². The highest BCUT2D eigenvalue weighted by molar-refractivity contribution is 4.84. The molecule has 0 atom stereocenters. The molecule has 1 aliphatic rings. The molecule has 0 radical (unpaired) electrons. The monoisotopic (exact) mass is 231 g/mol. The van der Waals surface area contributed by atoms with Crippen molar-refractivity contribution < 1.29 is 14.2 Å². The van der Waals surface area contributed by atoms with Gasteiger partial charge < -0.3 is 14.2 Å². The lowest BCUT2D eigenvalue weighted by Gasteiger charge is -2.26. The Kier molecular flexibility index (Phi) is 6.96. The summed E-state index contributed by atoms with van der Waals surface area (Å²) in [6, 6.07) is 0.721. The lowest BCUT2D eigenvalue weighted by molar-refractivity contribution is -0.148. The Balaban J connectivity index is 2.31. The highest BCUT2D eigenvalue weighted by Crippen LogP contribution is 2.26. The maximum absolute atomic E-state index is 5.57. The molecule has 1 rings (SSSR count). The van der Waals surface area contributed by atoms with E-state index < -0.39 is 0 Å². The summed E-state index contributed by atoms with van der Waals surface area (Å²) >= 11 is 0. The number of hydrogen-bond donors (Lipinski definition) is 0. The third kappa shape index (κ3) is 5.25. The topological polar surface area (TPSA) is 30.9 Å². The SMILES string of the molecule is CCOC(CN(CCOC)C1CC1)OCC. The predicted molar refractivity (Wildman–Crippen MR) is 63.5 cm³/mol. The van der Waals surface area contributed by atoms with Crippen molar-refractivity contribution in [2.75, 3.05) is 40.0 Å². The van der Waals surface area contributed by atoms with Gasteiger partial charge in [0.15, 0.2) is 6.29 Å². The van der Waals surface area contributed by atoms with Crippen LogP contribution in [0.5, 0.6) is 0 Å². The van der Waals surface area contributed by atoms with E-state index in [1.807, 2.05) is 13.8 Å². The summed E-state index contributed by atoms with van der Waals surface area (Å²) in [5, 5.41) is 0. The summed E-state index contributed by atoms with van der Waals surface area (Å²) in [6.07, 6.45) is 2.51. The minimum atomic E-state index is -0.0903. The molecule has 0 bridgehead atoms. The highest BCUT2D eigenvalue weighted by Gasteiger charge is 2.30. The Hall–Kier alpha value is -0.160. The molecule has 1 saturated carbocycles. The molecule has 0 aliphatic heterocycles. The normalized spacial score (nSPS) is 16.3. The van der Waals surface area contributed by atoms with E-state index in [1.165, 1.54) is 12.8 Å². The Bertz CT molecular complexity index is 168. The molecule has 1 aliphatic carbocycles. The molecule has 0 saturated heterocycles. The van der Waals surface area contributed by atoms with Crippen LogP contribution in [0.4, 0.5) is 0 Å². The minimum Gasteiger partial charge on any atom is -0.383 e. The standard InChI is InChI=1S/C12H25NO3/c1-4-15-12(16-5-2)10-13(8-9-14-3)11-6-7-11/h11-12H,4-10H2,1-3H3. The van der Waals surface area contributed by atoms with Crippen molar-refractivity contribution in [1.82, 2.24) is 4.90 Å². The van der Waals surface area contributed by atoms with Crippen LogP contribution in [-0.2, 0) is 14.2 Å². The average molecular weight is 231 g/mol. The van der Waals surface area contributed by atoms with Gasteiger partial charge in [0.25, 0.3) is 0 Å². The molecule has 16 heavy (non-hydrogen) atoms. The van der Waals surface area contributed by atoms with E-state index in [9.17, 15) is 0 Å². The number of hydrogen-bond acceptors (Lipinski definition) is 4. The summed E-state index contributed by atoms with van der Waals surface area (Å²) in [5.41, 5.74) is 0. The molecule has 0 aromatic heterocycles. The van der Waals surface area contributed by atoms with Crippen LogP contribution in [0.3, 0.4) is 0 Å². The Morgan fingerprint density at radius 3 is 2.25 bits per heavy atom. The molecule has 4 nitrogen and oxygen atoms in total. The zero-order chi connectivity index (χ0) is 11.8. The predicted octanol–water partition coefficient (Wildman–Crippen LogP) is 1.50. The van der Waals surface area contributed by atoms with Gasteiger partial charge in [0.2, 0.25) is 0 Å². The van der Waals surface area contributed by atoms with Gasteiger partial charge in [0, 0.05) is 39.5 Å². The van der Waals surface area contributed by atoms with Gasteiger partial charge in [-0.05, 0) is 26.7 Å². The van der Waals surface area contributed by atoms with E-state index in [1.54, 1.807) is 7.11 Å². The smallest absolute Gasteiger partial charge is 0.170 e. The molecular weight excluding hydrogens is 206 g/mol. The van der Waals surface area contributed by atoms with E-state index >= 15 is 0 Å². The van der Waals surface area contributed by atoms with E-state index in [-0.39, 0.29) is 6.29 Å². The molecule has 0 N–H and O–H groups in total. The zero-order valence-corrected chi connectivity index (χ0v) is 10.8. The van der Waals surface area contributed by atoms with E-state index in [2.05, 4.69) is 4.90 Å². The number of rotatable bonds is 10. The Morgan fingerprint density at radius 1 is 1.19 bits per heavy atom. The van der Waals surface area contributed by atoms with Crippen LogP contribution in [0, 0.1) is 0 Å². The summed E-state index contributed by atoms with van der Waals surface area (Å²) in [4.78, 5) is 2.42. The Morgan fingerprint density at radius 2 is 1.81 bits per heavy atom. The summed E-state index contributed by atoms with van der Waals surface area (Å²) in [7, 11) is 1.74. The lowest BCUT2D eigenvalue weighted by Crippen LogP contribution is -2.39. The van der Waals surface area contributed by atoms with Gasteiger partial charge in [0.05, 0.1) is 6.61 Å². The summed E-state index contributed by atoms with van der Waals surface area (Å²) in [5.74, 6) is 0. The van der Waals surface area contributed by atoms with Crippen molar-refractivity contribution in [3.63, 3.8) is 0 Å². The fourth-order valence-electron chi connectivity index (χ4n) is 1.79. The second-order valence-corrected chi connectivity index (χ2v) is 4.06. The molecule has 0 aromatic rings. The van der Waals surface area contributed by atoms with Gasteiger partial charge in [-0.2, -0.15) is 0 Å². The molecule has 0 heterocycles. The van der Waals surface area contributed by atoms with Crippen LogP contribution in [0.15, 0.2) is 0 Å². The maximum atomic E-state index is 5.57. The van der Waals surface area contributed by atoms with E-state index in [0.717, 1.165) is 25.7 Å². The lowest BCUT2D eigenvalue weighted by atomic mass is 10.4. The van der Waals surface area contributed by atoms with Gasteiger partial charge >= 0.3 is 0 Å². The average Bonchev–Trinajstić information content (AvgIpc) is 3.08. The van der Waals surface area contributed by atoms with Gasteiger partial charge in [-0.1, -0.05) is 0 Å². The first-order chi connectivity index (χ1) is 7.81. The largest absolute Gasteiger partial charge is 0.383 e. The first kappa shape index (κ1) is 13.9. The number of methoxy groups -OCH3 is 1. The number of ether oxygens (including phenoxy) is 3. The van der Waals surface area contributed by atoms with Gasteiger partial charge in [-0.25, -0.2) is 0 Å². The van der Waals surface area contributed by atoms with E-state index in [4.69, 9.17) is 14.2 Å². The van der Waals surface area contributed by atoms with Crippen molar-refractivity contribution >= 4 is 0 Å². The molecule has 96 valence electrons. The van der Waals surface area contributed by atoms with Gasteiger partial charge in [0.1, 0.15) is 0 Å². The van der Waals surface area contributed by atoms with Crippen LogP contribution in [-0.4, -0.2) is 57.3 Å². The van der Waals surface area contributed by atoms with E-state index in [0.29, 0.717) is 13.2 Å². The van der Waals surface area contributed by atoms with Crippen molar-refractivity contribution in [3.05, 3.63) is 0 Å².